The van der Waals surface area contributed by atoms with E-state index in [1.165, 1.54) is 38.0 Å². The van der Waals surface area contributed by atoms with Crippen molar-refractivity contribution in [2.75, 3.05) is 33.2 Å². The van der Waals surface area contributed by atoms with E-state index in [2.05, 4.69) is 33.4 Å². The number of rotatable bonds is 3. The number of piperidine rings is 2. The molecule has 0 amide bonds. The van der Waals surface area contributed by atoms with Gasteiger partial charge in [-0.1, -0.05) is 0 Å². The Morgan fingerprint density at radius 1 is 1.35 bits per heavy atom. The van der Waals surface area contributed by atoms with Gasteiger partial charge in [-0.05, 0) is 38.8 Å². The molecule has 0 aliphatic carbocycles. The second-order valence-corrected chi connectivity index (χ2v) is 6.41. The molecule has 0 radical (unpaired) electrons. The number of nitrogens with two attached hydrogens (primary N) is 1. The fourth-order valence-corrected chi connectivity index (χ4v) is 4.11. The van der Waals surface area contributed by atoms with Crippen molar-refractivity contribution in [2.24, 2.45) is 18.7 Å². The first-order chi connectivity index (χ1) is 9.70. The third-order valence-electron chi connectivity index (χ3n) is 5.24. The van der Waals surface area contributed by atoms with E-state index in [-0.39, 0.29) is 0 Å². The zero-order valence-corrected chi connectivity index (χ0v) is 12.7. The van der Waals surface area contributed by atoms with Crippen LogP contribution in [0.2, 0.25) is 0 Å². The Kier molecular flexibility index (Phi) is 4.10. The second kappa shape index (κ2) is 5.84. The minimum atomic E-state index is 0.315. The van der Waals surface area contributed by atoms with E-state index in [0.717, 1.165) is 18.5 Å². The zero-order chi connectivity index (χ0) is 14.1. The number of hydrogen-bond donors (Lipinski definition) is 1. The number of nitrogens with zero attached hydrogens (tertiary/aromatic N) is 4. The molecule has 2 N–H and O–H groups in total. The summed E-state index contributed by atoms with van der Waals surface area (Å²) in [5.41, 5.74) is 7.31. The summed E-state index contributed by atoms with van der Waals surface area (Å²) >= 11 is 0. The maximum Gasteiger partial charge on any atom is 0.0946 e. The van der Waals surface area contributed by atoms with Gasteiger partial charge in [-0.3, -0.25) is 4.90 Å². The molecule has 0 aromatic carbocycles. The van der Waals surface area contributed by atoms with Gasteiger partial charge in [0.25, 0.3) is 0 Å². The Balaban J connectivity index is 1.73. The van der Waals surface area contributed by atoms with E-state index in [1.807, 2.05) is 12.5 Å². The van der Waals surface area contributed by atoms with Crippen molar-refractivity contribution < 1.29 is 0 Å². The predicted molar refractivity (Wildman–Crippen MR) is 80.3 cm³/mol. The van der Waals surface area contributed by atoms with Crippen LogP contribution in [0.1, 0.15) is 31.0 Å². The van der Waals surface area contributed by atoms with Gasteiger partial charge in [0.1, 0.15) is 0 Å². The number of hydrogen-bond acceptors (Lipinski definition) is 4. The molecule has 0 spiro atoms. The van der Waals surface area contributed by atoms with Crippen molar-refractivity contribution in [2.45, 2.75) is 31.3 Å². The summed E-state index contributed by atoms with van der Waals surface area (Å²) in [6.45, 7) is 4.27. The van der Waals surface area contributed by atoms with Crippen molar-refractivity contribution in [3.05, 3.63) is 18.2 Å². The third-order valence-corrected chi connectivity index (χ3v) is 5.24. The van der Waals surface area contributed by atoms with Crippen LogP contribution in [0.15, 0.2) is 12.5 Å². The van der Waals surface area contributed by atoms with Gasteiger partial charge in [0.15, 0.2) is 0 Å². The number of fused-ring (bicyclic) bond motifs is 1. The largest absolute Gasteiger partial charge is 0.336 e. The van der Waals surface area contributed by atoms with Crippen molar-refractivity contribution in [1.29, 1.82) is 0 Å². The van der Waals surface area contributed by atoms with Crippen LogP contribution in [0, 0.1) is 5.92 Å². The van der Waals surface area contributed by atoms with Crippen molar-refractivity contribution >= 4 is 0 Å². The van der Waals surface area contributed by atoms with E-state index in [9.17, 15) is 0 Å². The lowest BCUT2D eigenvalue weighted by atomic mass is 9.83. The molecule has 5 nitrogen and oxygen atoms in total. The average molecular weight is 277 g/mol. The fraction of sp³-hybridized carbons (Fsp3) is 0.800. The minimum Gasteiger partial charge on any atom is -0.336 e. The molecular formula is C15H27N5. The Morgan fingerprint density at radius 2 is 2.20 bits per heavy atom. The highest BCUT2D eigenvalue weighted by Gasteiger charge is 2.36. The van der Waals surface area contributed by atoms with Crippen LogP contribution in [0.5, 0.6) is 0 Å². The summed E-state index contributed by atoms with van der Waals surface area (Å²) in [4.78, 5) is 9.39. The van der Waals surface area contributed by atoms with Crippen molar-refractivity contribution in [1.82, 2.24) is 19.4 Å². The van der Waals surface area contributed by atoms with Gasteiger partial charge in [-0.25, -0.2) is 4.98 Å². The maximum atomic E-state index is 6.07. The van der Waals surface area contributed by atoms with Crippen LogP contribution in [0.25, 0.3) is 0 Å². The highest BCUT2D eigenvalue weighted by atomic mass is 15.2. The van der Waals surface area contributed by atoms with Gasteiger partial charge in [-0.15, -0.1) is 0 Å². The van der Waals surface area contributed by atoms with E-state index >= 15 is 0 Å². The normalized spacial score (nSPS) is 30.1. The lowest BCUT2D eigenvalue weighted by Crippen LogP contribution is -2.54. The van der Waals surface area contributed by atoms with Gasteiger partial charge < -0.3 is 15.2 Å². The van der Waals surface area contributed by atoms with Crippen LogP contribution in [-0.4, -0.2) is 58.6 Å². The first-order valence-electron chi connectivity index (χ1n) is 7.81. The lowest BCUT2D eigenvalue weighted by molar-refractivity contribution is 0.0199. The molecule has 1 aromatic heterocycles. The van der Waals surface area contributed by atoms with Crippen LogP contribution < -0.4 is 5.73 Å². The topological polar surface area (TPSA) is 50.3 Å². The SMILES string of the molecule is CN1CCCC2CN(C(CN)c3cncn3C)CCC21. The van der Waals surface area contributed by atoms with E-state index in [4.69, 9.17) is 5.73 Å². The van der Waals surface area contributed by atoms with Crippen LogP contribution in [0.3, 0.4) is 0 Å². The first-order valence-corrected chi connectivity index (χ1v) is 7.81. The van der Waals surface area contributed by atoms with Crippen LogP contribution >= 0.6 is 0 Å². The Hall–Kier alpha value is -0.910. The monoisotopic (exact) mass is 277 g/mol. The summed E-state index contributed by atoms with van der Waals surface area (Å²) in [5, 5.41) is 0. The van der Waals surface area contributed by atoms with Crippen molar-refractivity contribution in [3.8, 4) is 0 Å². The Labute approximate surface area is 121 Å². The fourth-order valence-electron chi connectivity index (χ4n) is 4.11. The molecule has 0 bridgehead atoms. The second-order valence-electron chi connectivity index (χ2n) is 6.41. The molecule has 3 unspecified atom stereocenters. The standard InChI is InChI=1S/C15H27N5/c1-18-6-3-4-12-10-20(7-5-13(12)18)14(8-16)15-9-17-11-19(15)2/h9,11-14H,3-8,10,16H2,1-2H3. The molecule has 5 heteroatoms. The van der Waals surface area contributed by atoms with Gasteiger partial charge in [0, 0.05) is 38.9 Å². The number of aryl methyl sites for hydroxylation is 1. The maximum absolute atomic E-state index is 6.07. The highest BCUT2D eigenvalue weighted by Crippen LogP contribution is 2.33. The van der Waals surface area contributed by atoms with Gasteiger partial charge in [-0.2, -0.15) is 0 Å². The van der Waals surface area contributed by atoms with Gasteiger partial charge >= 0.3 is 0 Å². The third kappa shape index (κ3) is 2.50. The molecule has 2 saturated heterocycles. The van der Waals surface area contributed by atoms with E-state index in [1.54, 1.807) is 0 Å². The molecule has 0 saturated carbocycles. The predicted octanol–water partition coefficient (Wildman–Crippen LogP) is 0.836. The first kappa shape index (κ1) is 14.0. The van der Waals surface area contributed by atoms with Crippen LogP contribution in [-0.2, 0) is 7.05 Å². The minimum absolute atomic E-state index is 0.315. The van der Waals surface area contributed by atoms with Crippen LogP contribution in [0.4, 0.5) is 0 Å². The van der Waals surface area contributed by atoms with Gasteiger partial charge in [0.2, 0.25) is 0 Å². The van der Waals surface area contributed by atoms with Gasteiger partial charge in [0.05, 0.1) is 18.1 Å². The molecule has 2 aliphatic heterocycles. The average Bonchev–Trinajstić information content (AvgIpc) is 2.86. The molecule has 3 atom stereocenters. The van der Waals surface area contributed by atoms with Crippen molar-refractivity contribution in [3.63, 3.8) is 0 Å². The summed E-state index contributed by atoms with van der Waals surface area (Å²) in [6.07, 6.45) is 7.82. The molecule has 3 rings (SSSR count). The zero-order valence-electron chi connectivity index (χ0n) is 12.7. The molecule has 2 aliphatic rings. The lowest BCUT2D eigenvalue weighted by Gasteiger charge is -2.47. The molecule has 3 heterocycles. The number of imidazole rings is 1. The summed E-state index contributed by atoms with van der Waals surface area (Å²) < 4.78 is 2.11. The number of likely N-dealkylation sites (tertiary alicyclic amines) is 2. The number of aromatic nitrogens is 2. The summed E-state index contributed by atoms with van der Waals surface area (Å²) in [7, 11) is 4.35. The Morgan fingerprint density at radius 3 is 2.90 bits per heavy atom. The van der Waals surface area contributed by atoms with E-state index < -0.39 is 0 Å². The molecule has 112 valence electrons. The van der Waals surface area contributed by atoms with E-state index in [0.29, 0.717) is 12.6 Å². The highest BCUT2D eigenvalue weighted by molar-refractivity contribution is 5.07. The quantitative estimate of drug-likeness (QED) is 0.889. The summed E-state index contributed by atoms with van der Waals surface area (Å²) in [6, 6.07) is 1.10. The molecule has 2 fully saturated rings. The molecular weight excluding hydrogens is 250 g/mol. The molecule has 20 heavy (non-hydrogen) atoms. The molecule has 1 aromatic rings. The summed E-state index contributed by atoms with van der Waals surface area (Å²) in [5.74, 6) is 0.810. The Bertz CT molecular complexity index is 443. The smallest absolute Gasteiger partial charge is 0.0946 e.